The number of amides is 2. The van der Waals surface area contributed by atoms with Crippen LogP contribution in [-0.2, 0) is 20.9 Å². The number of carbonyl (C=O) groups excluding carboxylic acids is 2. The number of phenols is 1. The summed E-state index contributed by atoms with van der Waals surface area (Å²) >= 11 is 3.58. The van der Waals surface area contributed by atoms with Crippen LogP contribution in [-0.4, -0.2) is 50.4 Å². The van der Waals surface area contributed by atoms with Crippen molar-refractivity contribution < 1.29 is 24.6 Å². The van der Waals surface area contributed by atoms with Gasteiger partial charge in [0.05, 0.1) is 18.4 Å². The maximum atomic E-state index is 13.5. The minimum atomic E-state index is -1.59. The summed E-state index contributed by atoms with van der Waals surface area (Å²) < 4.78 is 0.837. The number of fused-ring (bicyclic) bond motifs is 1. The summed E-state index contributed by atoms with van der Waals surface area (Å²) in [5.41, 5.74) is -0.368. The number of hydrogen-bond acceptors (Lipinski definition) is 6. The maximum absolute atomic E-state index is 13.5. The minimum absolute atomic E-state index is 0.0329. The van der Waals surface area contributed by atoms with Crippen molar-refractivity contribution in [2.24, 2.45) is 11.8 Å². The van der Waals surface area contributed by atoms with Crippen molar-refractivity contribution in [1.29, 1.82) is 0 Å². The van der Waals surface area contributed by atoms with Crippen LogP contribution >= 0.6 is 34.4 Å². The molecule has 2 fully saturated rings. The first-order valence-corrected chi connectivity index (χ1v) is 12.6. The van der Waals surface area contributed by atoms with Crippen molar-refractivity contribution in [2.45, 2.75) is 24.5 Å². The summed E-state index contributed by atoms with van der Waals surface area (Å²) in [6.45, 7) is 0.0920. The third-order valence-corrected chi connectivity index (χ3v) is 7.62. The van der Waals surface area contributed by atoms with Gasteiger partial charge >= 0.3 is 5.97 Å². The van der Waals surface area contributed by atoms with Crippen LogP contribution < -0.4 is 5.32 Å². The summed E-state index contributed by atoms with van der Waals surface area (Å²) in [5, 5.41) is 24.0. The van der Waals surface area contributed by atoms with E-state index in [0.29, 0.717) is 11.3 Å². The molecule has 0 radical (unpaired) electrons. The summed E-state index contributed by atoms with van der Waals surface area (Å²) in [7, 11) is 0. The lowest BCUT2D eigenvalue weighted by Crippen LogP contribution is -2.56. The van der Waals surface area contributed by atoms with Crippen LogP contribution in [0.3, 0.4) is 0 Å². The van der Waals surface area contributed by atoms with Crippen molar-refractivity contribution in [3.8, 4) is 5.75 Å². The van der Waals surface area contributed by atoms with E-state index in [-0.39, 0.29) is 18.7 Å². The monoisotopic (exact) mass is 566 g/mol. The number of nitrogens with one attached hydrogen (secondary N) is 1. The number of benzene rings is 2. The van der Waals surface area contributed by atoms with E-state index in [0.717, 1.165) is 9.13 Å². The smallest absolute Gasteiger partial charge is 0.324 e. The first kappa shape index (κ1) is 23.1. The van der Waals surface area contributed by atoms with E-state index in [9.17, 15) is 24.6 Å². The number of halogens is 1. The quantitative estimate of drug-likeness (QED) is 0.350. The Kier molecular flexibility index (Phi) is 6.51. The molecule has 0 saturated carbocycles. The highest BCUT2D eigenvalue weighted by Gasteiger charge is 2.68. The summed E-state index contributed by atoms with van der Waals surface area (Å²) in [6.07, 6.45) is 2.05. The number of carboxylic acid groups (broad SMARTS) is 1. The molecule has 4 rings (SSSR count). The average molecular weight is 566 g/mol. The summed E-state index contributed by atoms with van der Waals surface area (Å²) in [4.78, 5) is 40.9. The molecule has 32 heavy (non-hydrogen) atoms. The lowest BCUT2D eigenvalue weighted by Gasteiger charge is -2.31. The minimum Gasteiger partial charge on any atom is -0.508 e. The predicted octanol–water partition coefficient (Wildman–Crippen LogP) is 3.02. The van der Waals surface area contributed by atoms with Gasteiger partial charge in [0.1, 0.15) is 11.3 Å². The van der Waals surface area contributed by atoms with Crippen molar-refractivity contribution in [1.82, 2.24) is 10.2 Å². The number of imide groups is 1. The van der Waals surface area contributed by atoms with Crippen LogP contribution in [0.2, 0.25) is 0 Å². The topological polar surface area (TPSA) is 107 Å². The number of carboxylic acids is 1. The van der Waals surface area contributed by atoms with Crippen LogP contribution in [0.15, 0.2) is 48.5 Å². The maximum Gasteiger partial charge on any atom is 0.324 e. The van der Waals surface area contributed by atoms with Crippen LogP contribution in [0.4, 0.5) is 0 Å². The van der Waals surface area contributed by atoms with Crippen LogP contribution in [0.5, 0.6) is 5.75 Å². The van der Waals surface area contributed by atoms with Crippen molar-refractivity contribution in [3.63, 3.8) is 0 Å². The zero-order chi connectivity index (χ0) is 23.0. The molecule has 2 saturated heterocycles. The van der Waals surface area contributed by atoms with E-state index in [2.05, 4.69) is 27.9 Å². The van der Waals surface area contributed by atoms with Crippen LogP contribution in [0.1, 0.15) is 23.6 Å². The van der Waals surface area contributed by atoms with Gasteiger partial charge in [0.15, 0.2) is 0 Å². The number of aromatic hydroxyl groups is 1. The number of likely N-dealkylation sites (tertiary alicyclic amines) is 1. The van der Waals surface area contributed by atoms with Gasteiger partial charge in [-0.05, 0) is 64.8 Å². The average Bonchev–Trinajstić information content (AvgIpc) is 3.25. The normalized spacial score (nSPS) is 27.1. The fourth-order valence-electron chi connectivity index (χ4n) is 4.82. The molecule has 3 N–H and O–H groups in total. The van der Waals surface area contributed by atoms with Gasteiger partial charge in [-0.1, -0.05) is 30.3 Å². The van der Waals surface area contributed by atoms with E-state index in [1.54, 1.807) is 12.1 Å². The molecule has 0 aromatic heterocycles. The largest absolute Gasteiger partial charge is 0.508 e. The number of hydrogen-bond donors (Lipinski definition) is 3. The fraction of sp³-hybridized carbons (Fsp3) is 0.348. The van der Waals surface area contributed by atoms with Gasteiger partial charge in [0.25, 0.3) is 0 Å². The molecule has 0 aliphatic carbocycles. The van der Waals surface area contributed by atoms with Gasteiger partial charge in [-0.3, -0.25) is 24.6 Å². The third-order valence-electron chi connectivity index (χ3n) is 6.34. The zero-order valence-corrected chi connectivity index (χ0v) is 20.3. The Morgan fingerprint density at radius 1 is 1.19 bits per heavy atom. The third kappa shape index (κ3) is 3.80. The molecule has 7 nitrogen and oxygen atoms in total. The number of carbonyl (C=O) groups is 3. The van der Waals surface area contributed by atoms with E-state index in [1.807, 2.05) is 36.6 Å². The molecule has 2 aliphatic heterocycles. The van der Waals surface area contributed by atoms with E-state index in [1.165, 1.54) is 22.7 Å². The zero-order valence-electron chi connectivity index (χ0n) is 17.3. The fourth-order valence-corrected chi connectivity index (χ4v) is 5.86. The molecular weight excluding hydrogens is 543 g/mol. The predicted molar refractivity (Wildman–Crippen MR) is 129 cm³/mol. The molecule has 168 valence electrons. The Hall–Kier alpha value is -2.11. The Labute approximate surface area is 203 Å². The molecule has 0 spiro atoms. The van der Waals surface area contributed by atoms with E-state index in [4.69, 9.17) is 0 Å². The number of aliphatic carboxylic acids is 1. The van der Waals surface area contributed by atoms with Gasteiger partial charge in [-0.15, -0.1) is 0 Å². The van der Waals surface area contributed by atoms with E-state index >= 15 is 0 Å². The standard InChI is InChI=1S/C23H23IN2O5S/c1-32-10-9-23(22(30)31)18-17(19(25-23)15-11-14(24)7-8-16(15)27)20(28)26(21(18)29)12-13-5-3-2-4-6-13/h2-8,11,17-19,25,27H,9-10,12H2,1H3,(H,30,31)/t17-,18-,19-,23-/m0/s1. The summed E-state index contributed by atoms with van der Waals surface area (Å²) in [6, 6.07) is 13.4. The number of phenolic OH excluding ortho intramolecular Hbond substituents is 1. The van der Waals surface area contributed by atoms with E-state index < -0.39 is 41.2 Å². The molecule has 4 atom stereocenters. The molecule has 9 heteroatoms. The van der Waals surface area contributed by atoms with Gasteiger partial charge in [-0.25, -0.2) is 0 Å². The van der Waals surface area contributed by atoms with Crippen molar-refractivity contribution in [2.75, 3.05) is 12.0 Å². The number of rotatable bonds is 7. The summed E-state index contributed by atoms with van der Waals surface area (Å²) in [5.74, 6) is -3.53. The lowest BCUT2D eigenvalue weighted by atomic mass is 9.78. The molecular formula is C23H23IN2O5S. The van der Waals surface area contributed by atoms with Crippen molar-refractivity contribution >= 4 is 52.1 Å². The number of nitrogens with zero attached hydrogens (tertiary/aromatic N) is 1. The first-order valence-electron chi connectivity index (χ1n) is 10.2. The number of thioether (sulfide) groups is 1. The molecule has 2 aromatic carbocycles. The Balaban J connectivity index is 1.81. The van der Waals surface area contributed by atoms with Crippen LogP contribution in [0.25, 0.3) is 0 Å². The SMILES string of the molecule is CSCC[C@]1(C(=O)O)N[C@@H](c2cc(I)ccc2O)[C@H]2C(=O)N(Cc3ccccc3)C(=O)[C@H]21. The lowest BCUT2D eigenvalue weighted by molar-refractivity contribution is -0.151. The Morgan fingerprint density at radius 3 is 2.56 bits per heavy atom. The Bertz CT molecular complexity index is 1070. The highest BCUT2D eigenvalue weighted by Crippen LogP contribution is 2.52. The second-order valence-corrected chi connectivity index (χ2v) is 10.3. The van der Waals surface area contributed by atoms with Gasteiger partial charge in [0.2, 0.25) is 11.8 Å². The first-order chi connectivity index (χ1) is 15.3. The van der Waals surface area contributed by atoms with Crippen molar-refractivity contribution in [3.05, 3.63) is 63.2 Å². The van der Waals surface area contributed by atoms with Crippen LogP contribution in [0, 0.1) is 15.4 Å². The second-order valence-electron chi connectivity index (χ2n) is 8.10. The molecule has 2 heterocycles. The van der Waals surface area contributed by atoms with Gasteiger partial charge < -0.3 is 10.2 Å². The molecule has 0 bridgehead atoms. The highest BCUT2D eigenvalue weighted by molar-refractivity contribution is 14.1. The molecule has 0 unspecified atom stereocenters. The highest BCUT2D eigenvalue weighted by atomic mass is 127. The van der Waals surface area contributed by atoms with Gasteiger partial charge in [0, 0.05) is 15.2 Å². The molecule has 2 amide bonds. The molecule has 2 aliphatic rings. The molecule has 2 aromatic rings. The van der Waals surface area contributed by atoms with Gasteiger partial charge in [-0.2, -0.15) is 11.8 Å². The second kappa shape index (κ2) is 9.03. The Morgan fingerprint density at radius 2 is 1.91 bits per heavy atom.